The van der Waals surface area contributed by atoms with Crippen LogP contribution in [0.4, 0.5) is 0 Å². The number of rotatable bonds is 7. The number of nitrogens with zero attached hydrogens (tertiary/aromatic N) is 3. The molecule has 31 heavy (non-hydrogen) atoms. The van der Waals surface area contributed by atoms with E-state index in [1.54, 1.807) is 21.3 Å². The Morgan fingerprint density at radius 1 is 0.968 bits per heavy atom. The maximum absolute atomic E-state index is 5.37. The Morgan fingerprint density at radius 2 is 1.65 bits per heavy atom. The van der Waals surface area contributed by atoms with Crippen molar-refractivity contribution in [3.63, 3.8) is 0 Å². The number of halogens is 1. The molecule has 2 aromatic carbocycles. The lowest BCUT2D eigenvalue weighted by molar-refractivity contribution is 0.354. The van der Waals surface area contributed by atoms with Crippen molar-refractivity contribution in [1.82, 2.24) is 20.4 Å². The van der Waals surface area contributed by atoms with Crippen molar-refractivity contribution in [1.29, 1.82) is 0 Å². The first-order chi connectivity index (χ1) is 14.6. The third-order valence-electron chi connectivity index (χ3n) is 5.01. The highest BCUT2D eigenvalue weighted by atomic mass is 127. The molecule has 0 amide bonds. The number of aromatic nitrogens is 2. The molecule has 0 unspecified atom stereocenters. The standard InChI is InChI=1S/C23H29N5O2.HI/c1-16-20(17(2)28(27-16)19-9-7-6-8-10-19)15-26-23(24-3)25-14-18-11-12-21(29-4)22(13-18)30-5;/h6-13H,14-15H2,1-5H3,(H2,24,25,26);1H. The number of hydrogen-bond acceptors (Lipinski definition) is 4. The first kappa shape index (κ1) is 24.5. The van der Waals surface area contributed by atoms with Gasteiger partial charge in [-0.15, -0.1) is 24.0 Å². The topological polar surface area (TPSA) is 72.7 Å². The average molecular weight is 535 g/mol. The summed E-state index contributed by atoms with van der Waals surface area (Å²) in [6, 6.07) is 16.0. The molecule has 3 aromatic rings. The largest absolute Gasteiger partial charge is 0.493 e. The van der Waals surface area contributed by atoms with Crippen LogP contribution in [0.2, 0.25) is 0 Å². The summed E-state index contributed by atoms with van der Waals surface area (Å²) >= 11 is 0. The van der Waals surface area contributed by atoms with Crippen molar-refractivity contribution in [2.24, 2.45) is 4.99 Å². The van der Waals surface area contributed by atoms with Gasteiger partial charge in [-0.3, -0.25) is 4.99 Å². The Hall–Kier alpha value is -2.75. The molecule has 0 aliphatic heterocycles. The van der Waals surface area contributed by atoms with E-state index in [4.69, 9.17) is 14.6 Å². The summed E-state index contributed by atoms with van der Waals surface area (Å²) in [6.07, 6.45) is 0. The highest BCUT2D eigenvalue weighted by Gasteiger charge is 2.13. The zero-order valence-corrected chi connectivity index (χ0v) is 20.9. The van der Waals surface area contributed by atoms with Crippen LogP contribution in [-0.2, 0) is 13.1 Å². The van der Waals surface area contributed by atoms with E-state index in [1.807, 2.05) is 48.0 Å². The number of hydrogen-bond donors (Lipinski definition) is 2. The van der Waals surface area contributed by atoms with E-state index < -0.39 is 0 Å². The lowest BCUT2D eigenvalue weighted by Gasteiger charge is -2.14. The van der Waals surface area contributed by atoms with Crippen molar-refractivity contribution in [3.8, 4) is 17.2 Å². The average Bonchev–Trinajstić information content (AvgIpc) is 3.07. The Bertz CT molecular complexity index is 1020. The molecular weight excluding hydrogens is 505 g/mol. The molecule has 0 saturated carbocycles. The van der Waals surface area contributed by atoms with Crippen LogP contribution in [0.15, 0.2) is 53.5 Å². The Morgan fingerprint density at radius 3 is 2.29 bits per heavy atom. The Kier molecular flexibility index (Phi) is 9.17. The van der Waals surface area contributed by atoms with Gasteiger partial charge in [0.25, 0.3) is 0 Å². The minimum Gasteiger partial charge on any atom is -0.493 e. The van der Waals surface area contributed by atoms with Gasteiger partial charge in [0.2, 0.25) is 0 Å². The van der Waals surface area contributed by atoms with Gasteiger partial charge in [-0.1, -0.05) is 24.3 Å². The van der Waals surface area contributed by atoms with Crippen molar-refractivity contribution in [3.05, 3.63) is 71.0 Å². The molecular formula is C23H30IN5O2. The summed E-state index contributed by atoms with van der Waals surface area (Å²) in [5.74, 6) is 2.14. The van der Waals surface area contributed by atoms with E-state index in [-0.39, 0.29) is 24.0 Å². The second-order valence-electron chi connectivity index (χ2n) is 6.87. The molecule has 0 bridgehead atoms. The minimum atomic E-state index is 0. The van der Waals surface area contributed by atoms with E-state index in [1.165, 1.54) is 0 Å². The number of ether oxygens (including phenoxy) is 2. The van der Waals surface area contributed by atoms with Crippen LogP contribution in [-0.4, -0.2) is 37.0 Å². The summed E-state index contributed by atoms with van der Waals surface area (Å²) in [5, 5.41) is 11.4. The lowest BCUT2D eigenvalue weighted by Crippen LogP contribution is -2.36. The molecule has 8 heteroatoms. The molecule has 0 fully saturated rings. The molecule has 3 rings (SSSR count). The summed E-state index contributed by atoms with van der Waals surface area (Å²) in [5.41, 5.74) is 5.40. The fourth-order valence-electron chi connectivity index (χ4n) is 3.32. The zero-order valence-electron chi connectivity index (χ0n) is 18.6. The normalized spacial score (nSPS) is 10.9. The predicted molar refractivity (Wildman–Crippen MR) is 135 cm³/mol. The molecule has 166 valence electrons. The fourth-order valence-corrected chi connectivity index (χ4v) is 3.32. The molecule has 1 aromatic heterocycles. The SMILES string of the molecule is CN=C(NCc1ccc(OC)c(OC)c1)NCc1c(C)nn(-c2ccccc2)c1C.I. The molecule has 7 nitrogen and oxygen atoms in total. The first-order valence-electron chi connectivity index (χ1n) is 9.83. The van der Waals surface area contributed by atoms with Crippen LogP contribution < -0.4 is 20.1 Å². The molecule has 0 atom stereocenters. The van der Waals surface area contributed by atoms with E-state index in [0.717, 1.165) is 34.2 Å². The van der Waals surface area contributed by atoms with E-state index in [2.05, 4.69) is 34.7 Å². The second kappa shape index (κ2) is 11.6. The number of methoxy groups -OCH3 is 2. The monoisotopic (exact) mass is 535 g/mol. The second-order valence-corrected chi connectivity index (χ2v) is 6.87. The van der Waals surface area contributed by atoms with Gasteiger partial charge in [-0.25, -0.2) is 4.68 Å². The van der Waals surface area contributed by atoms with Crippen LogP contribution in [0.5, 0.6) is 11.5 Å². The number of benzene rings is 2. The lowest BCUT2D eigenvalue weighted by atomic mass is 10.2. The number of nitrogens with one attached hydrogen (secondary N) is 2. The minimum absolute atomic E-state index is 0. The van der Waals surface area contributed by atoms with E-state index >= 15 is 0 Å². The van der Waals surface area contributed by atoms with Crippen molar-refractivity contribution in [2.75, 3.05) is 21.3 Å². The number of aryl methyl sites for hydroxylation is 1. The van der Waals surface area contributed by atoms with Gasteiger partial charge in [0.1, 0.15) is 0 Å². The van der Waals surface area contributed by atoms with Crippen LogP contribution in [0.25, 0.3) is 5.69 Å². The number of aliphatic imine (C=N–C) groups is 1. The van der Waals surface area contributed by atoms with E-state index in [9.17, 15) is 0 Å². The predicted octanol–water partition coefficient (Wildman–Crippen LogP) is 3.99. The number of guanidine groups is 1. The quantitative estimate of drug-likeness (QED) is 0.272. The Labute approximate surface area is 200 Å². The van der Waals surface area contributed by atoms with Crippen molar-refractivity contribution in [2.45, 2.75) is 26.9 Å². The van der Waals surface area contributed by atoms with Crippen molar-refractivity contribution < 1.29 is 9.47 Å². The molecule has 0 spiro atoms. The smallest absolute Gasteiger partial charge is 0.191 e. The molecule has 1 heterocycles. The summed E-state index contributed by atoms with van der Waals surface area (Å²) in [7, 11) is 5.03. The van der Waals surface area contributed by atoms with E-state index in [0.29, 0.717) is 24.6 Å². The highest BCUT2D eigenvalue weighted by molar-refractivity contribution is 14.0. The third kappa shape index (κ3) is 5.90. The summed E-state index contributed by atoms with van der Waals surface area (Å²) in [6.45, 7) is 5.37. The van der Waals surface area contributed by atoms with Gasteiger partial charge >= 0.3 is 0 Å². The maximum Gasteiger partial charge on any atom is 0.191 e. The van der Waals surface area contributed by atoms with Crippen LogP contribution >= 0.6 is 24.0 Å². The van der Waals surface area contributed by atoms with Gasteiger partial charge in [-0.05, 0) is 43.7 Å². The summed E-state index contributed by atoms with van der Waals surface area (Å²) in [4.78, 5) is 4.33. The Balaban J connectivity index is 0.00000341. The molecule has 0 saturated heterocycles. The first-order valence-corrected chi connectivity index (χ1v) is 9.83. The molecule has 0 aliphatic carbocycles. The van der Waals surface area contributed by atoms with Crippen LogP contribution in [0.1, 0.15) is 22.5 Å². The third-order valence-corrected chi connectivity index (χ3v) is 5.01. The molecule has 2 N–H and O–H groups in total. The van der Waals surface area contributed by atoms with Crippen LogP contribution in [0, 0.1) is 13.8 Å². The zero-order chi connectivity index (χ0) is 21.5. The highest BCUT2D eigenvalue weighted by Crippen LogP contribution is 2.27. The van der Waals surface area contributed by atoms with Gasteiger partial charge in [-0.2, -0.15) is 5.10 Å². The maximum atomic E-state index is 5.37. The van der Waals surface area contributed by atoms with Gasteiger partial charge in [0.15, 0.2) is 17.5 Å². The summed E-state index contributed by atoms with van der Waals surface area (Å²) < 4.78 is 12.6. The number of para-hydroxylation sites is 1. The fraction of sp³-hybridized carbons (Fsp3) is 0.304. The molecule has 0 radical (unpaired) electrons. The van der Waals surface area contributed by atoms with Gasteiger partial charge < -0.3 is 20.1 Å². The molecule has 0 aliphatic rings. The van der Waals surface area contributed by atoms with Gasteiger partial charge in [0.05, 0.1) is 25.6 Å². The van der Waals surface area contributed by atoms with Crippen LogP contribution in [0.3, 0.4) is 0 Å². The van der Waals surface area contributed by atoms with Crippen molar-refractivity contribution >= 4 is 29.9 Å². The van der Waals surface area contributed by atoms with Gasteiger partial charge in [0, 0.05) is 31.4 Å².